The third-order valence-electron chi connectivity index (χ3n) is 5.86. The van der Waals surface area contributed by atoms with Crippen molar-refractivity contribution >= 4 is 30.3 Å². The van der Waals surface area contributed by atoms with E-state index in [1.54, 1.807) is 68.8 Å². The van der Waals surface area contributed by atoms with E-state index in [1.807, 2.05) is 45.1 Å². The van der Waals surface area contributed by atoms with E-state index in [9.17, 15) is 14.4 Å². The number of amides is 2. The molecular weight excluding hydrogens is 568 g/mol. The topological polar surface area (TPSA) is 145 Å². The van der Waals surface area contributed by atoms with Crippen molar-refractivity contribution in [2.45, 2.75) is 38.9 Å². The Balaban J connectivity index is 1.44. The second-order valence-electron chi connectivity index (χ2n) is 10.5. The van der Waals surface area contributed by atoms with Gasteiger partial charge in [-0.25, -0.2) is 9.59 Å². The molecule has 0 aliphatic heterocycles. The molecule has 0 saturated carbocycles. The summed E-state index contributed by atoms with van der Waals surface area (Å²) in [5.41, 5.74) is 7.30. The van der Waals surface area contributed by atoms with Crippen LogP contribution in [0, 0.1) is 0 Å². The number of methoxy groups -OCH3 is 2. The van der Waals surface area contributed by atoms with Gasteiger partial charge < -0.3 is 39.5 Å². The van der Waals surface area contributed by atoms with Crippen molar-refractivity contribution in [2.24, 2.45) is 5.73 Å². The zero-order chi connectivity index (χ0) is 32.1. The summed E-state index contributed by atoms with van der Waals surface area (Å²) in [6, 6.07) is 19.4. The average Bonchev–Trinajstić information content (AvgIpc) is 2.98. The minimum Gasteiger partial charge on any atom is -0.497 e. The van der Waals surface area contributed by atoms with Crippen LogP contribution in [0.2, 0.25) is 0 Å². The molecule has 0 aliphatic rings. The third-order valence-corrected chi connectivity index (χ3v) is 5.86. The quantitative estimate of drug-likeness (QED) is 0.113. The molecule has 3 N–H and O–H groups in total. The van der Waals surface area contributed by atoms with Crippen LogP contribution in [-0.4, -0.2) is 57.2 Å². The van der Waals surface area contributed by atoms with Crippen LogP contribution in [0.15, 0.2) is 66.7 Å². The molecule has 0 fully saturated rings. The van der Waals surface area contributed by atoms with Gasteiger partial charge in [0.15, 0.2) is 6.10 Å². The van der Waals surface area contributed by atoms with E-state index in [4.69, 9.17) is 34.2 Å². The molecule has 0 aromatic heterocycles. The number of ether oxygens (including phenoxy) is 6. The van der Waals surface area contributed by atoms with Crippen LogP contribution in [0.25, 0.3) is 12.2 Å². The largest absolute Gasteiger partial charge is 0.513 e. The maximum Gasteiger partial charge on any atom is 0.513 e. The minimum atomic E-state index is -1.17. The van der Waals surface area contributed by atoms with E-state index in [-0.39, 0.29) is 30.9 Å². The van der Waals surface area contributed by atoms with Crippen LogP contribution in [0.3, 0.4) is 0 Å². The van der Waals surface area contributed by atoms with Crippen molar-refractivity contribution in [1.29, 1.82) is 0 Å². The molecular formula is C33H38N2O9. The Kier molecular flexibility index (Phi) is 12.0. The van der Waals surface area contributed by atoms with Gasteiger partial charge in [0.25, 0.3) is 5.91 Å². The van der Waals surface area contributed by atoms with E-state index < -0.39 is 24.3 Å². The Morgan fingerprint density at radius 2 is 1.41 bits per heavy atom. The molecule has 0 saturated heterocycles. The summed E-state index contributed by atoms with van der Waals surface area (Å²) in [7, 11) is 3.18. The number of nitrogens with two attached hydrogens (primary N) is 1. The van der Waals surface area contributed by atoms with E-state index >= 15 is 0 Å². The number of nitrogens with one attached hydrogen (secondary N) is 1. The van der Waals surface area contributed by atoms with Gasteiger partial charge in [-0.1, -0.05) is 36.4 Å². The van der Waals surface area contributed by atoms with E-state index in [0.717, 1.165) is 16.7 Å². The summed E-state index contributed by atoms with van der Waals surface area (Å²) in [5.74, 6) is 1.72. The molecule has 0 bridgehead atoms. The van der Waals surface area contributed by atoms with Crippen LogP contribution >= 0.6 is 0 Å². The SMILES string of the molecule is COc1cc(C=Cc2ccc(OC(=O)OCCNC(=O)C(Cc3ccc(OC(C)(C)C)cc3)OC(N)=O)cc2)cc(OC)c1. The molecule has 1 atom stereocenters. The Labute approximate surface area is 256 Å². The first-order valence-electron chi connectivity index (χ1n) is 13.8. The fourth-order valence-electron chi connectivity index (χ4n) is 3.90. The molecule has 11 nitrogen and oxygen atoms in total. The number of hydrogen-bond acceptors (Lipinski definition) is 9. The number of primary amides is 1. The second-order valence-corrected chi connectivity index (χ2v) is 10.5. The summed E-state index contributed by atoms with van der Waals surface area (Å²) in [6.07, 6.45) is 0.693. The summed E-state index contributed by atoms with van der Waals surface area (Å²) in [6.45, 7) is 5.60. The van der Waals surface area contributed by atoms with E-state index in [1.165, 1.54) is 0 Å². The molecule has 44 heavy (non-hydrogen) atoms. The van der Waals surface area contributed by atoms with Gasteiger partial charge in [-0.05, 0) is 73.9 Å². The lowest BCUT2D eigenvalue weighted by atomic mass is 10.1. The van der Waals surface area contributed by atoms with Crippen LogP contribution < -0.4 is 30.0 Å². The lowest BCUT2D eigenvalue weighted by Gasteiger charge is -2.21. The first-order valence-corrected chi connectivity index (χ1v) is 13.8. The van der Waals surface area contributed by atoms with E-state index in [0.29, 0.717) is 17.2 Å². The number of hydrogen-bond donors (Lipinski definition) is 2. The molecule has 0 radical (unpaired) electrons. The first kappa shape index (κ1) is 33.3. The minimum absolute atomic E-state index is 0.0380. The zero-order valence-electron chi connectivity index (χ0n) is 25.5. The van der Waals surface area contributed by atoms with Gasteiger partial charge in [0.1, 0.15) is 35.2 Å². The van der Waals surface area contributed by atoms with Gasteiger partial charge in [-0.15, -0.1) is 0 Å². The molecule has 1 unspecified atom stereocenters. The van der Waals surface area contributed by atoms with Gasteiger partial charge in [0.05, 0.1) is 20.8 Å². The Bertz CT molecular complexity index is 1410. The van der Waals surface area contributed by atoms with Crippen molar-refractivity contribution in [2.75, 3.05) is 27.4 Å². The summed E-state index contributed by atoms with van der Waals surface area (Å²) in [5, 5.41) is 2.57. The summed E-state index contributed by atoms with van der Waals surface area (Å²) in [4.78, 5) is 36.2. The highest BCUT2D eigenvalue weighted by molar-refractivity contribution is 5.83. The van der Waals surface area contributed by atoms with Gasteiger partial charge >= 0.3 is 12.2 Å². The van der Waals surface area contributed by atoms with Crippen molar-refractivity contribution in [3.8, 4) is 23.0 Å². The van der Waals surface area contributed by atoms with Gasteiger partial charge in [0.2, 0.25) is 0 Å². The normalized spacial score (nSPS) is 11.8. The van der Waals surface area contributed by atoms with Crippen LogP contribution in [0.4, 0.5) is 9.59 Å². The third kappa shape index (κ3) is 11.6. The molecule has 11 heteroatoms. The molecule has 234 valence electrons. The molecule has 0 spiro atoms. The molecule has 2 amide bonds. The van der Waals surface area contributed by atoms with Crippen molar-refractivity contribution in [3.63, 3.8) is 0 Å². The number of carbonyl (C=O) groups excluding carboxylic acids is 3. The second kappa shape index (κ2) is 15.9. The van der Waals surface area contributed by atoms with Gasteiger partial charge in [-0.2, -0.15) is 0 Å². The smallest absolute Gasteiger partial charge is 0.497 e. The number of benzene rings is 3. The monoisotopic (exact) mass is 606 g/mol. The van der Waals surface area contributed by atoms with Gasteiger partial charge in [0, 0.05) is 12.5 Å². The van der Waals surface area contributed by atoms with Crippen LogP contribution in [0.1, 0.15) is 37.5 Å². The van der Waals surface area contributed by atoms with Gasteiger partial charge in [-0.3, -0.25) is 4.79 Å². The molecule has 3 rings (SSSR count). The predicted octanol–water partition coefficient (Wildman–Crippen LogP) is 5.39. The Hall–Kier alpha value is -5.19. The highest BCUT2D eigenvalue weighted by atomic mass is 16.7. The van der Waals surface area contributed by atoms with Crippen molar-refractivity contribution in [3.05, 3.63) is 83.4 Å². The maximum absolute atomic E-state index is 12.7. The number of carbonyl (C=O) groups is 3. The summed E-state index contributed by atoms with van der Waals surface area (Å²) >= 11 is 0. The zero-order valence-corrected chi connectivity index (χ0v) is 25.5. The lowest BCUT2D eigenvalue weighted by Crippen LogP contribution is -2.41. The average molecular weight is 607 g/mol. The Morgan fingerprint density at radius 3 is 1.98 bits per heavy atom. The molecule has 3 aromatic carbocycles. The van der Waals surface area contributed by atoms with Crippen LogP contribution in [0.5, 0.6) is 23.0 Å². The highest BCUT2D eigenvalue weighted by Crippen LogP contribution is 2.24. The Morgan fingerprint density at radius 1 is 0.818 bits per heavy atom. The summed E-state index contributed by atoms with van der Waals surface area (Å²) < 4.78 is 31.6. The first-order chi connectivity index (χ1) is 20.9. The fraction of sp³-hybridized carbons (Fsp3) is 0.303. The molecule has 3 aromatic rings. The molecule has 0 aliphatic carbocycles. The maximum atomic E-state index is 12.7. The van der Waals surface area contributed by atoms with Crippen LogP contribution in [-0.2, 0) is 20.7 Å². The van der Waals surface area contributed by atoms with Crippen molar-refractivity contribution in [1.82, 2.24) is 5.32 Å². The fourth-order valence-corrected chi connectivity index (χ4v) is 3.90. The van der Waals surface area contributed by atoms with Crippen molar-refractivity contribution < 1.29 is 42.8 Å². The number of rotatable bonds is 13. The predicted molar refractivity (Wildman–Crippen MR) is 165 cm³/mol. The lowest BCUT2D eigenvalue weighted by molar-refractivity contribution is -0.129. The van der Waals surface area contributed by atoms with E-state index in [2.05, 4.69) is 5.32 Å². The highest BCUT2D eigenvalue weighted by Gasteiger charge is 2.23. The standard InChI is InChI=1S/C33H38N2O9/c1-33(2,3)44-26-14-10-23(11-15-26)20-29(43-31(34)37)30(36)35-16-17-41-32(38)42-25-12-8-22(9-13-25)6-7-24-18-27(39-4)21-28(19-24)40-5/h6-15,18-19,21,29H,16-17,20H2,1-5H3,(H2,34,37)(H,35,36). The molecule has 0 heterocycles.